The smallest absolute Gasteiger partial charge is 0.0409 e. The van der Waals surface area contributed by atoms with Gasteiger partial charge in [-0.25, -0.2) is 0 Å². The van der Waals surface area contributed by atoms with Crippen LogP contribution in [-0.4, -0.2) is 11.4 Å². The molecule has 1 aromatic carbocycles. The topological polar surface area (TPSA) is 12.0 Å². The van der Waals surface area contributed by atoms with E-state index in [-0.39, 0.29) is 5.54 Å². The third kappa shape index (κ3) is 3.63. The lowest BCUT2D eigenvalue weighted by Gasteiger charge is -2.39. The Kier molecular flexibility index (Phi) is 4.94. The first kappa shape index (κ1) is 14.2. The van der Waals surface area contributed by atoms with E-state index in [0.29, 0.717) is 5.88 Å². The van der Waals surface area contributed by atoms with E-state index in [1.165, 1.54) is 31.2 Å². The molecule has 0 saturated heterocycles. The number of halogens is 2. The molecule has 0 bridgehead atoms. The highest BCUT2D eigenvalue weighted by molar-refractivity contribution is 6.30. The molecule has 1 aliphatic rings. The third-order valence-electron chi connectivity index (χ3n) is 4.04. The molecule has 0 heterocycles. The van der Waals surface area contributed by atoms with Crippen molar-refractivity contribution in [3.05, 3.63) is 34.9 Å². The van der Waals surface area contributed by atoms with Crippen molar-refractivity contribution in [3.8, 4) is 0 Å². The molecule has 0 unspecified atom stereocenters. The summed E-state index contributed by atoms with van der Waals surface area (Å²) in [7, 11) is 0. The molecule has 0 spiro atoms. The van der Waals surface area contributed by atoms with Crippen LogP contribution < -0.4 is 5.32 Å². The summed E-state index contributed by atoms with van der Waals surface area (Å²) in [4.78, 5) is 0. The molecule has 3 heteroatoms. The monoisotopic (exact) mass is 285 g/mol. The van der Waals surface area contributed by atoms with Crippen LogP contribution in [0.5, 0.6) is 0 Å². The first-order valence-electron chi connectivity index (χ1n) is 6.69. The van der Waals surface area contributed by atoms with Crippen molar-refractivity contribution >= 4 is 23.2 Å². The van der Waals surface area contributed by atoms with Crippen LogP contribution in [0.15, 0.2) is 24.3 Å². The summed E-state index contributed by atoms with van der Waals surface area (Å²) in [5.74, 6) is 1.54. The van der Waals surface area contributed by atoms with Crippen molar-refractivity contribution in [1.82, 2.24) is 5.32 Å². The van der Waals surface area contributed by atoms with E-state index in [1.807, 2.05) is 18.2 Å². The fourth-order valence-corrected chi connectivity index (χ4v) is 3.18. The molecule has 0 atom stereocenters. The minimum Gasteiger partial charge on any atom is -0.306 e. The van der Waals surface area contributed by atoms with Crippen LogP contribution in [-0.2, 0) is 6.54 Å². The quantitative estimate of drug-likeness (QED) is 0.796. The van der Waals surface area contributed by atoms with E-state index >= 15 is 0 Å². The lowest BCUT2D eigenvalue weighted by molar-refractivity contribution is 0.216. The molecule has 0 aromatic heterocycles. The molecule has 1 N–H and O–H groups in total. The van der Waals surface area contributed by atoms with Gasteiger partial charge in [0.25, 0.3) is 0 Å². The summed E-state index contributed by atoms with van der Waals surface area (Å²) < 4.78 is 0. The van der Waals surface area contributed by atoms with Crippen molar-refractivity contribution in [3.63, 3.8) is 0 Å². The maximum Gasteiger partial charge on any atom is 0.0409 e. The Hall–Kier alpha value is -0.240. The molecule has 1 saturated carbocycles. The Labute approximate surface area is 120 Å². The second-order valence-electron chi connectivity index (χ2n) is 5.58. The molecular formula is C15H21Cl2N. The zero-order chi connectivity index (χ0) is 13.0. The predicted molar refractivity (Wildman–Crippen MR) is 79.4 cm³/mol. The number of alkyl halides is 1. The Morgan fingerprint density at radius 2 is 2.06 bits per heavy atom. The lowest BCUT2D eigenvalue weighted by atomic mass is 9.78. The second kappa shape index (κ2) is 6.27. The fraction of sp³-hybridized carbons (Fsp3) is 0.600. The molecule has 0 amide bonds. The summed E-state index contributed by atoms with van der Waals surface area (Å²) >= 11 is 12.2. The second-order valence-corrected chi connectivity index (χ2v) is 6.28. The highest BCUT2D eigenvalue weighted by Crippen LogP contribution is 2.33. The van der Waals surface area contributed by atoms with E-state index in [0.717, 1.165) is 17.5 Å². The van der Waals surface area contributed by atoms with Gasteiger partial charge in [0, 0.05) is 23.0 Å². The number of hydrogen-bond donors (Lipinski definition) is 1. The van der Waals surface area contributed by atoms with Crippen molar-refractivity contribution < 1.29 is 0 Å². The average Bonchev–Trinajstić information content (AvgIpc) is 2.39. The minimum absolute atomic E-state index is 0.121. The van der Waals surface area contributed by atoms with Gasteiger partial charge in [0.2, 0.25) is 0 Å². The van der Waals surface area contributed by atoms with E-state index in [1.54, 1.807) is 0 Å². The minimum atomic E-state index is 0.121. The van der Waals surface area contributed by atoms with Gasteiger partial charge in [-0.2, -0.15) is 0 Å². The van der Waals surface area contributed by atoms with Gasteiger partial charge in [0.05, 0.1) is 0 Å². The summed E-state index contributed by atoms with van der Waals surface area (Å²) in [6.45, 7) is 3.18. The van der Waals surface area contributed by atoms with Gasteiger partial charge in [-0.05, 0) is 49.3 Å². The number of hydrogen-bond acceptors (Lipinski definition) is 1. The maximum atomic E-state index is 6.19. The van der Waals surface area contributed by atoms with Crippen LogP contribution in [0, 0.1) is 5.92 Å². The highest BCUT2D eigenvalue weighted by atomic mass is 35.5. The molecule has 0 radical (unpaired) electrons. The third-order valence-corrected chi connectivity index (χ3v) is 4.79. The van der Waals surface area contributed by atoms with Gasteiger partial charge in [-0.1, -0.05) is 30.7 Å². The first-order valence-corrected chi connectivity index (χ1v) is 7.60. The van der Waals surface area contributed by atoms with Crippen LogP contribution in [0.1, 0.15) is 38.2 Å². The molecule has 0 aliphatic heterocycles. The zero-order valence-electron chi connectivity index (χ0n) is 10.9. The molecule has 18 heavy (non-hydrogen) atoms. The Morgan fingerprint density at radius 3 is 2.67 bits per heavy atom. The van der Waals surface area contributed by atoms with Crippen molar-refractivity contribution in [2.75, 3.05) is 5.88 Å². The van der Waals surface area contributed by atoms with E-state index in [9.17, 15) is 0 Å². The fourth-order valence-electron chi connectivity index (χ4n) is 2.61. The summed E-state index contributed by atoms with van der Waals surface area (Å²) in [5.41, 5.74) is 1.35. The summed E-state index contributed by atoms with van der Waals surface area (Å²) in [6.07, 6.45) is 4.90. The average molecular weight is 286 g/mol. The van der Waals surface area contributed by atoms with Gasteiger partial charge in [-0.3, -0.25) is 0 Å². The highest BCUT2D eigenvalue weighted by Gasteiger charge is 2.32. The Bertz CT molecular complexity index is 384. The molecule has 100 valence electrons. The Balaban J connectivity index is 1.95. The van der Waals surface area contributed by atoms with E-state index in [4.69, 9.17) is 23.2 Å². The van der Waals surface area contributed by atoms with Crippen LogP contribution >= 0.6 is 23.2 Å². The molecular weight excluding hydrogens is 265 g/mol. The molecule has 1 aliphatic carbocycles. The van der Waals surface area contributed by atoms with E-state index < -0.39 is 0 Å². The van der Waals surface area contributed by atoms with Crippen molar-refractivity contribution in [1.29, 1.82) is 0 Å². The molecule has 2 rings (SSSR count). The standard InChI is InChI=1S/C15H21Cl2N/c1-12-5-7-15(11-16,8-6-12)18-10-13-3-2-4-14(17)9-13/h2-4,9,12,18H,5-8,10-11H2,1H3. The van der Waals surface area contributed by atoms with Gasteiger partial charge in [-0.15, -0.1) is 11.6 Å². The first-order chi connectivity index (χ1) is 8.63. The SMILES string of the molecule is CC1CCC(CCl)(NCc2cccc(Cl)c2)CC1. The van der Waals surface area contributed by atoms with Gasteiger partial charge in [0.1, 0.15) is 0 Å². The van der Waals surface area contributed by atoms with Crippen molar-refractivity contribution in [2.24, 2.45) is 5.92 Å². The summed E-state index contributed by atoms with van der Waals surface area (Å²) in [5, 5.41) is 4.46. The molecule has 1 fully saturated rings. The lowest BCUT2D eigenvalue weighted by Crippen LogP contribution is -2.49. The van der Waals surface area contributed by atoms with Gasteiger partial charge >= 0.3 is 0 Å². The van der Waals surface area contributed by atoms with Crippen LogP contribution in [0.3, 0.4) is 0 Å². The largest absolute Gasteiger partial charge is 0.306 e. The predicted octanol–water partition coefficient (Wildman–Crippen LogP) is 4.62. The molecule has 1 aromatic rings. The van der Waals surface area contributed by atoms with E-state index in [2.05, 4.69) is 18.3 Å². The number of rotatable bonds is 4. The molecule has 1 nitrogen and oxygen atoms in total. The number of benzene rings is 1. The summed E-state index contributed by atoms with van der Waals surface area (Å²) in [6, 6.07) is 8.02. The van der Waals surface area contributed by atoms with Gasteiger partial charge in [0.15, 0.2) is 0 Å². The van der Waals surface area contributed by atoms with Crippen LogP contribution in [0.25, 0.3) is 0 Å². The zero-order valence-corrected chi connectivity index (χ0v) is 12.4. The normalized spacial score (nSPS) is 28.3. The van der Waals surface area contributed by atoms with Gasteiger partial charge < -0.3 is 5.32 Å². The van der Waals surface area contributed by atoms with Crippen LogP contribution in [0.2, 0.25) is 5.02 Å². The van der Waals surface area contributed by atoms with Crippen molar-refractivity contribution in [2.45, 2.75) is 44.7 Å². The Morgan fingerprint density at radius 1 is 1.33 bits per heavy atom. The van der Waals surface area contributed by atoms with Crippen LogP contribution in [0.4, 0.5) is 0 Å². The maximum absolute atomic E-state index is 6.19. The number of nitrogens with one attached hydrogen (secondary N) is 1.